The summed E-state index contributed by atoms with van der Waals surface area (Å²) in [5.41, 5.74) is 3.83. The van der Waals surface area contributed by atoms with Crippen LogP contribution in [0, 0.1) is 0 Å². The van der Waals surface area contributed by atoms with Crippen molar-refractivity contribution in [1.29, 1.82) is 0 Å². The Morgan fingerprint density at radius 2 is 1.57 bits per heavy atom. The molecule has 0 N–H and O–H groups in total. The second kappa shape index (κ2) is 7.28. The first-order valence-electron chi connectivity index (χ1n) is 14.1. The SMILES string of the molecule is [2H]C([2H])([2H])C([2H])(C)c1cc(-c2ccccc2)cc(C([2H])(C)C([2H])([2H])[2H])c1-n1cc[n+]2c1-c1ccccc1C2. The van der Waals surface area contributed by atoms with Gasteiger partial charge in [0.2, 0.25) is 0 Å². The maximum Gasteiger partial charge on any atom is 0.294 e. The zero-order valence-corrected chi connectivity index (χ0v) is 17.1. The summed E-state index contributed by atoms with van der Waals surface area (Å²) < 4.78 is 71.6. The van der Waals surface area contributed by atoms with E-state index in [1.807, 2.05) is 65.4 Å². The van der Waals surface area contributed by atoms with E-state index in [-0.39, 0.29) is 16.8 Å². The molecule has 30 heavy (non-hydrogen) atoms. The van der Waals surface area contributed by atoms with E-state index in [2.05, 4.69) is 0 Å². The lowest BCUT2D eigenvalue weighted by molar-refractivity contribution is -0.671. The maximum atomic E-state index is 9.14. The monoisotopic (exact) mass is 401 g/mol. The van der Waals surface area contributed by atoms with Crippen molar-refractivity contribution in [2.45, 2.75) is 45.9 Å². The van der Waals surface area contributed by atoms with Crippen LogP contribution in [-0.4, -0.2) is 4.57 Å². The highest BCUT2D eigenvalue weighted by Crippen LogP contribution is 2.38. The number of aromatic nitrogens is 2. The van der Waals surface area contributed by atoms with Gasteiger partial charge < -0.3 is 0 Å². The van der Waals surface area contributed by atoms with E-state index < -0.39 is 25.5 Å². The molecule has 0 bridgehead atoms. The molecule has 2 heterocycles. The molecule has 1 aliphatic rings. The molecule has 0 saturated heterocycles. The number of benzene rings is 3. The average Bonchev–Trinajstić information content (AvgIpc) is 3.42. The first-order chi connectivity index (χ1) is 17.6. The van der Waals surface area contributed by atoms with Crippen LogP contribution >= 0.6 is 0 Å². The fourth-order valence-corrected chi connectivity index (χ4v) is 4.34. The molecule has 2 heteroatoms. The molecular weight excluding hydrogens is 364 g/mol. The van der Waals surface area contributed by atoms with Crippen LogP contribution in [-0.2, 0) is 6.54 Å². The second-order valence-electron chi connectivity index (χ2n) is 7.81. The van der Waals surface area contributed by atoms with Gasteiger partial charge in [0, 0.05) is 27.7 Å². The van der Waals surface area contributed by atoms with Crippen molar-refractivity contribution in [2.24, 2.45) is 0 Å². The van der Waals surface area contributed by atoms with Crippen molar-refractivity contribution in [2.75, 3.05) is 0 Å². The van der Waals surface area contributed by atoms with Gasteiger partial charge in [0.15, 0.2) is 0 Å². The molecule has 0 radical (unpaired) electrons. The van der Waals surface area contributed by atoms with Crippen LogP contribution in [0.25, 0.3) is 28.2 Å². The van der Waals surface area contributed by atoms with Gasteiger partial charge in [0.25, 0.3) is 5.82 Å². The summed E-state index contributed by atoms with van der Waals surface area (Å²) in [5, 5.41) is 0. The quantitative estimate of drug-likeness (QED) is 0.296. The molecule has 0 fully saturated rings. The van der Waals surface area contributed by atoms with E-state index >= 15 is 0 Å². The minimum atomic E-state index is -2.73. The third-order valence-electron chi connectivity index (χ3n) is 5.76. The molecule has 3 aromatic carbocycles. The minimum absolute atomic E-state index is 0.139. The molecule has 0 amide bonds. The molecule has 1 aliphatic heterocycles. The van der Waals surface area contributed by atoms with Gasteiger partial charge in [0.1, 0.15) is 24.6 Å². The smallest absolute Gasteiger partial charge is 0.225 e. The Morgan fingerprint density at radius 3 is 2.27 bits per heavy atom. The number of hydrogen-bond donors (Lipinski definition) is 0. The van der Waals surface area contributed by atoms with Gasteiger partial charge in [-0.15, -0.1) is 0 Å². The topological polar surface area (TPSA) is 8.81 Å². The first-order valence-corrected chi connectivity index (χ1v) is 10.1. The Balaban J connectivity index is 1.94. The van der Waals surface area contributed by atoms with Crippen LogP contribution in [0.15, 0.2) is 79.1 Å². The minimum Gasteiger partial charge on any atom is -0.225 e. The normalized spacial score (nSPS) is 21.1. The Labute approximate surface area is 190 Å². The van der Waals surface area contributed by atoms with Gasteiger partial charge in [0.05, 0.1) is 5.56 Å². The molecule has 5 rings (SSSR count). The van der Waals surface area contributed by atoms with Crippen LogP contribution in [0.5, 0.6) is 0 Å². The van der Waals surface area contributed by atoms with Crippen LogP contribution in [0.1, 0.15) is 67.0 Å². The highest BCUT2D eigenvalue weighted by atomic mass is 15.2. The highest BCUT2D eigenvalue weighted by molar-refractivity contribution is 5.71. The maximum absolute atomic E-state index is 9.14. The van der Waals surface area contributed by atoms with E-state index in [0.29, 0.717) is 12.1 Å². The first kappa shape index (κ1) is 11.9. The number of hydrogen-bond acceptors (Lipinski definition) is 0. The van der Waals surface area contributed by atoms with Crippen molar-refractivity contribution < 1.29 is 15.5 Å². The van der Waals surface area contributed by atoms with E-state index in [0.717, 1.165) is 22.5 Å². The van der Waals surface area contributed by atoms with E-state index in [1.54, 1.807) is 22.9 Å². The molecule has 1 aromatic heterocycles. The molecule has 0 spiro atoms. The average molecular weight is 402 g/mol. The largest absolute Gasteiger partial charge is 0.294 e. The lowest BCUT2D eigenvalue weighted by atomic mass is 9.88. The number of nitrogens with zero attached hydrogens (tertiary/aromatic N) is 2. The fourth-order valence-electron chi connectivity index (χ4n) is 4.34. The molecule has 2 unspecified atom stereocenters. The van der Waals surface area contributed by atoms with Gasteiger partial charge in [-0.1, -0.05) is 76.1 Å². The summed E-state index contributed by atoms with van der Waals surface area (Å²) in [6.45, 7) is -2.18. The molecule has 4 aromatic rings. The van der Waals surface area contributed by atoms with Crippen molar-refractivity contribution in [1.82, 2.24) is 4.57 Å². The summed E-state index contributed by atoms with van der Waals surface area (Å²) in [5.74, 6) is -3.46. The third-order valence-corrected chi connectivity index (χ3v) is 5.76. The molecular formula is C28H29N2+. The summed E-state index contributed by atoms with van der Waals surface area (Å²) in [6.07, 6.45) is 3.63. The molecule has 150 valence electrons. The van der Waals surface area contributed by atoms with E-state index in [9.17, 15) is 0 Å². The van der Waals surface area contributed by atoms with Gasteiger partial charge in [-0.05, 0) is 41.1 Å². The van der Waals surface area contributed by atoms with Crippen LogP contribution in [0.2, 0.25) is 0 Å². The Morgan fingerprint density at radius 1 is 0.900 bits per heavy atom. The molecule has 2 nitrogen and oxygen atoms in total. The van der Waals surface area contributed by atoms with Gasteiger partial charge in [-0.2, -0.15) is 4.57 Å². The van der Waals surface area contributed by atoms with Crippen molar-refractivity contribution in [3.8, 4) is 28.2 Å². The molecule has 0 aliphatic carbocycles. The molecule has 2 atom stereocenters. The van der Waals surface area contributed by atoms with Gasteiger partial charge >= 0.3 is 0 Å². The summed E-state index contributed by atoms with van der Waals surface area (Å²) in [7, 11) is 0. The lowest BCUT2D eigenvalue weighted by Crippen LogP contribution is -2.30. The van der Waals surface area contributed by atoms with Gasteiger partial charge in [-0.3, -0.25) is 0 Å². The third kappa shape index (κ3) is 2.99. The zero-order valence-electron chi connectivity index (χ0n) is 25.1. The number of imidazole rings is 1. The Bertz CT molecular complexity index is 1470. The Kier molecular flexibility index (Phi) is 2.89. The van der Waals surface area contributed by atoms with Crippen molar-refractivity contribution in [3.05, 3.63) is 95.8 Å². The summed E-state index contributed by atoms with van der Waals surface area (Å²) in [4.78, 5) is 0. The summed E-state index contributed by atoms with van der Waals surface area (Å²) >= 11 is 0. The fraction of sp³-hybridized carbons (Fsp3) is 0.250. The van der Waals surface area contributed by atoms with Crippen LogP contribution in [0.4, 0.5) is 0 Å². The lowest BCUT2D eigenvalue weighted by Gasteiger charge is -2.20. The van der Waals surface area contributed by atoms with Crippen molar-refractivity contribution in [3.63, 3.8) is 0 Å². The predicted octanol–water partition coefficient (Wildman–Crippen LogP) is 6.71. The zero-order chi connectivity index (χ0) is 27.7. The molecule has 0 saturated carbocycles. The van der Waals surface area contributed by atoms with Crippen LogP contribution in [0.3, 0.4) is 0 Å². The summed E-state index contributed by atoms with van der Waals surface area (Å²) in [6, 6.07) is 20.4. The van der Waals surface area contributed by atoms with Crippen molar-refractivity contribution >= 4 is 0 Å². The second-order valence-corrected chi connectivity index (χ2v) is 7.81. The van der Waals surface area contributed by atoms with Crippen LogP contribution < -0.4 is 4.57 Å². The Hall–Kier alpha value is -3.13. The number of fused-ring (bicyclic) bond motifs is 3. The number of rotatable bonds is 4. The van der Waals surface area contributed by atoms with Gasteiger partial charge in [-0.25, -0.2) is 4.57 Å². The van der Waals surface area contributed by atoms with E-state index in [1.165, 1.54) is 13.8 Å². The standard InChI is InChI=1S/C28H29N2/c1-19(2)25-16-23(21-10-6-5-7-11-21)17-26(20(3)4)27(25)30-15-14-29-18-22-12-8-9-13-24(22)28(29)30/h5-17,19-20H,18H2,1-4H3/q+1/i1D3,3D3,19D,20D. The highest BCUT2D eigenvalue weighted by Gasteiger charge is 2.32. The van der Waals surface area contributed by atoms with E-state index in [4.69, 9.17) is 11.0 Å². The predicted molar refractivity (Wildman–Crippen MR) is 124 cm³/mol.